The van der Waals surface area contributed by atoms with E-state index in [1.807, 2.05) is 16.7 Å². The maximum atomic E-state index is 14.3. The molecule has 1 atom stereocenters. The quantitative estimate of drug-likeness (QED) is 0.209. The summed E-state index contributed by atoms with van der Waals surface area (Å²) in [5, 5.41) is 0.541. The summed E-state index contributed by atoms with van der Waals surface area (Å²) in [6, 6.07) is 7.27. The number of aryl methyl sites for hydroxylation is 1. The number of nitrogens with zero attached hydrogens (tertiary/aromatic N) is 5. The van der Waals surface area contributed by atoms with Gasteiger partial charge in [0, 0.05) is 37.4 Å². The smallest absolute Gasteiger partial charge is 0.410 e. The molecule has 2 aliphatic rings. The number of aromatic nitrogens is 3. The summed E-state index contributed by atoms with van der Waals surface area (Å²) in [6.07, 6.45) is 3.37. The summed E-state index contributed by atoms with van der Waals surface area (Å²) in [4.78, 5) is 50.9. The molecule has 0 radical (unpaired) electrons. The molecule has 1 aromatic carbocycles. The van der Waals surface area contributed by atoms with Crippen LogP contribution in [0.5, 0.6) is 0 Å². The number of nitrogens with one attached hydrogen (secondary N) is 1. The number of carbonyl (C=O) groups excluding carboxylic acids is 3. The lowest BCUT2D eigenvalue weighted by atomic mass is 9.74. The van der Waals surface area contributed by atoms with E-state index in [1.54, 1.807) is 36.4 Å². The number of imidazole rings is 1. The number of likely N-dealkylation sites (tertiary alicyclic amines) is 1. The average molecular weight is 693 g/mol. The molecule has 4 heterocycles. The van der Waals surface area contributed by atoms with Crippen molar-refractivity contribution in [1.82, 2.24) is 24.2 Å². The van der Waals surface area contributed by atoms with Crippen LogP contribution in [-0.4, -0.2) is 91.1 Å². The number of fused-ring (bicyclic) bond motifs is 3. The normalized spacial score (nSPS) is 16.5. The first-order valence-electron chi connectivity index (χ1n) is 15.4. The van der Waals surface area contributed by atoms with Crippen LogP contribution in [0.4, 0.5) is 14.9 Å². The molecule has 16 heteroatoms. The Labute approximate surface area is 277 Å². The Kier molecular flexibility index (Phi) is 10.7. The molecule has 1 saturated heterocycles. The van der Waals surface area contributed by atoms with Crippen LogP contribution in [0, 0.1) is 0 Å². The number of sulfonamides is 1. The fourth-order valence-corrected chi connectivity index (χ4v) is 7.39. The molecular weight excluding hydrogens is 655 g/mol. The highest BCUT2D eigenvalue weighted by Gasteiger charge is 2.53. The summed E-state index contributed by atoms with van der Waals surface area (Å²) in [5.41, 5.74) is 2.19. The number of hydrogen-bond acceptors (Lipinski definition) is 9. The van der Waals surface area contributed by atoms with E-state index in [-0.39, 0.29) is 38.5 Å². The molecule has 47 heavy (non-hydrogen) atoms. The van der Waals surface area contributed by atoms with Crippen LogP contribution in [0.2, 0.25) is 5.02 Å². The number of amides is 2. The predicted octanol–water partition coefficient (Wildman–Crippen LogP) is 3.72. The van der Waals surface area contributed by atoms with Crippen molar-refractivity contribution in [3.63, 3.8) is 0 Å². The van der Waals surface area contributed by atoms with E-state index in [2.05, 4.69) is 14.4 Å². The number of unbranched alkanes of at least 4 members (excludes halogenated alkanes) is 1. The summed E-state index contributed by atoms with van der Waals surface area (Å²) in [6.45, 7) is 2.20. The number of benzene rings is 1. The van der Waals surface area contributed by atoms with Crippen LogP contribution < -0.4 is 9.62 Å². The van der Waals surface area contributed by atoms with Gasteiger partial charge in [0.2, 0.25) is 15.9 Å². The number of esters is 1. The van der Waals surface area contributed by atoms with Gasteiger partial charge in [-0.1, -0.05) is 11.6 Å². The molecule has 3 aromatic rings. The predicted molar refractivity (Wildman–Crippen MR) is 172 cm³/mol. The number of methoxy groups -OCH3 is 1. The summed E-state index contributed by atoms with van der Waals surface area (Å²) < 4.78 is 51.6. The van der Waals surface area contributed by atoms with Gasteiger partial charge in [-0.15, -0.1) is 0 Å². The lowest BCUT2D eigenvalue weighted by Crippen LogP contribution is -2.50. The number of ether oxygens (including phenoxy) is 2. The Morgan fingerprint density at radius 2 is 1.96 bits per heavy atom. The van der Waals surface area contributed by atoms with Gasteiger partial charge in [0.25, 0.3) is 0 Å². The number of pyridine rings is 1. The first-order chi connectivity index (χ1) is 22.5. The molecule has 1 fully saturated rings. The molecule has 2 amide bonds. The highest BCUT2D eigenvalue weighted by atomic mass is 35.5. The van der Waals surface area contributed by atoms with Crippen molar-refractivity contribution in [3.8, 4) is 0 Å². The van der Waals surface area contributed by atoms with Gasteiger partial charge in [-0.25, -0.2) is 22.9 Å². The highest BCUT2D eigenvalue weighted by molar-refractivity contribution is 7.89. The van der Waals surface area contributed by atoms with E-state index in [0.29, 0.717) is 54.3 Å². The number of piperidine rings is 1. The number of halogens is 2. The maximum Gasteiger partial charge on any atom is 0.410 e. The lowest BCUT2D eigenvalue weighted by Gasteiger charge is -2.38. The van der Waals surface area contributed by atoms with Crippen molar-refractivity contribution in [1.29, 1.82) is 0 Å². The average Bonchev–Trinajstić information content (AvgIpc) is 3.50. The van der Waals surface area contributed by atoms with Crippen molar-refractivity contribution in [2.75, 3.05) is 44.1 Å². The largest absolute Gasteiger partial charge is 0.469 e. The van der Waals surface area contributed by atoms with E-state index in [0.717, 1.165) is 11.1 Å². The molecule has 1 N–H and O–H groups in total. The fraction of sp³-hybridized carbons (Fsp3) is 0.516. The van der Waals surface area contributed by atoms with Crippen LogP contribution >= 0.6 is 11.6 Å². The van der Waals surface area contributed by atoms with E-state index < -0.39 is 46.0 Å². The van der Waals surface area contributed by atoms with Gasteiger partial charge >= 0.3 is 12.1 Å². The zero-order chi connectivity index (χ0) is 33.8. The van der Waals surface area contributed by atoms with Crippen LogP contribution in [-0.2, 0) is 47.6 Å². The number of alkyl halides is 1. The zero-order valence-electron chi connectivity index (χ0n) is 26.3. The van der Waals surface area contributed by atoms with Gasteiger partial charge in [-0.2, -0.15) is 0 Å². The molecular formula is C31H38ClFN6O7S. The second kappa shape index (κ2) is 14.5. The third-order valence-electron chi connectivity index (χ3n) is 8.69. The van der Waals surface area contributed by atoms with Crippen molar-refractivity contribution in [2.24, 2.45) is 0 Å². The van der Waals surface area contributed by atoms with E-state index in [1.165, 1.54) is 12.0 Å². The van der Waals surface area contributed by atoms with E-state index in [4.69, 9.17) is 21.3 Å². The minimum atomic E-state index is -3.77. The van der Waals surface area contributed by atoms with Gasteiger partial charge in [0.15, 0.2) is 0 Å². The Morgan fingerprint density at radius 1 is 1.19 bits per heavy atom. The van der Waals surface area contributed by atoms with Gasteiger partial charge < -0.3 is 23.8 Å². The summed E-state index contributed by atoms with van der Waals surface area (Å²) in [7, 11) is -2.59. The summed E-state index contributed by atoms with van der Waals surface area (Å²) in [5.74, 6) is -0.542. The molecule has 2 aliphatic heterocycles. The molecule has 2 aromatic heterocycles. The molecule has 0 bridgehead atoms. The Morgan fingerprint density at radius 3 is 2.68 bits per heavy atom. The first-order valence-corrected chi connectivity index (χ1v) is 17.5. The molecule has 0 saturated carbocycles. The van der Waals surface area contributed by atoms with Gasteiger partial charge in [-0.3, -0.25) is 19.0 Å². The summed E-state index contributed by atoms with van der Waals surface area (Å²) >= 11 is 6.24. The minimum absolute atomic E-state index is 0.108. The van der Waals surface area contributed by atoms with Crippen molar-refractivity contribution >= 4 is 56.3 Å². The van der Waals surface area contributed by atoms with Gasteiger partial charge in [0.1, 0.15) is 11.9 Å². The van der Waals surface area contributed by atoms with Crippen molar-refractivity contribution in [3.05, 3.63) is 53.1 Å². The maximum absolute atomic E-state index is 14.3. The fourth-order valence-electron chi connectivity index (χ4n) is 6.15. The minimum Gasteiger partial charge on any atom is -0.469 e. The first kappa shape index (κ1) is 34.5. The number of anilines is 1. The van der Waals surface area contributed by atoms with Gasteiger partial charge in [0.05, 0.1) is 60.8 Å². The Balaban J connectivity index is 1.26. The van der Waals surface area contributed by atoms with E-state index >= 15 is 0 Å². The van der Waals surface area contributed by atoms with Crippen molar-refractivity contribution < 1.29 is 36.7 Å². The topological polar surface area (TPSA) is 153 Å². The van der Waals surface area contributed by atoms with Crippen LogP contribution in [0.1, 0.15) is 50.4 Å². The molecule has 1 unspecified atom stereocenters. The van der Waals surface area contributed by atoms with Crippen LogP contribution in [0.25, 0.3) is 11.0 Å². The Bertz CT molecular complexity index is 1740. The Hall–Kier alpha value is -3.82. The highest BCUT2D eigenvalue weighted by Crippen LogP contribution is 2.48. The van der Waals surface area contributed by atoms with Crippen molar-refractivity contribution in [2.45, 2.75) is 63.6 Å². The van der Waals surface area contributed by atoms with Crippen LogP contribution in [0.3, 0.4) is 0 Å². The van der Waals surface area contributed by atoms with Gasteiger partial charge in [-0.05, 0) is 62.4 Å². The number of hydrogen-bond donors (Lipinski definition) is 1. The molecule has 254 valence electrons. The van der Waals surface area contributed by atoms with E-state index in [9.17, 15) is 27.2 Å². The second-order valence-corrected chi connectivity index (χ2v) is 14.1. The zero-order valence-corrected chi connectivity index (χ0v) is 27.9. The molecule has 1 spiro atoms. The molecule has 5 rings (SSSR count). The van der Waals surface area contributed by atoms with Crippen LogP contribution in [0.15, 0.2) is 36.7 Å². The number of carbonyl (C=O) groups is 3. The number of rotatable bonds is 13. The molecule has 13 nitrogen and oxygen atoms in total. The second-order valence-electron chi connectivity index (χ2n) is 11.7. The lowest BCUT2D eigenvalue weighted by molar-refractivity contribution is -0.140. The monoisotopic (exact) mass is 692 g/mol. The third kappa shape index (κ3) is 7.52. The molecule has 0 aliphatic carbocycles. The SMILES string of the molecule is COC(=O)CCS(=O)(=O)NCC(C)OC(=O)N1CCC2(CC1)C(=O)N(Cc1nc3cc(Cl)ccc3n1CCCCF)c1cnccc12. The third-order valence-corrected chi connectivity index (χ3v) is 10.3. The standard InChI is InChI=1S/C31H38ClFN6O7S/c1-21(18-35-47(43,44)16-8-28(40)45-2)46-30(42)37-14-9-31(10-15-37)23-7-12-34-19-26(23)39(29(31)41)20-27-36-24-17-22(32)5-6-25(24)38(27)13-4-3-11-33/h5-7,12,17,19,21,35H,3-4,8-11,13-16,18,20H2,1-2H3.